The number of sulfone groups is 1. The topological polar surface area (TPSA) is 81.1 Å². The fraction of sp³-hybridized carbons (Fsp3) is 0.200. The van der Waals surface area contributed by atoms with Crippen LogP contribution in [0.5, 0.6) is 0 Å². The predicted octanol–water partition coefficient (Wildman–Crippen LogP) is 2.46. The lowest BCUT2D eigenvalue weighted by molar-refractivity contribution is 0.0933. The SMILES string of the molecule is O=C(NC1CCS(=O)(=O)C1)c1cc(-c2ccccc2)nn1-c1ccccc1. The largest absolute Gasteiger partial charge is 0.347 e. The van der Waals surface area contributed by atoms with Crippen LogP contribution in [0.2, 0.25) is 0 Å². The normalized spacial score (nSPS) is 18.3. The van der Waals surface area contributed by atoms with Gasteiger partial charge in [0, 0.05) is 11.6 Å². The van der Waals surface area contributed by atoms with E-state index in [2.05, 4.69) is 10.4 Å². The molecule has 1 N–H and O–H groups in total. The lowest BCUT2D eigenvalue weighted by Gasteiger charge is -2.12. The van der Waals surface area contributed by atoms with Gasteiger partial charge in [-0.15, -0.1) is 0 Å². The Labute approximate surface area is 157 Å². The van der Waals surface area contributed by atoms with Crippen molar-refractivity contribution in [1.29, 1.82) is 0 Å². The number of rotatable bonds is 4. The van der Waals surface area contributed by atoms with Gasteiger partial charge in [-0.05, 0) is 24.6 Å². The maximum Gasteiger partial charge on any atom is 0.270 e. The van der Waals surface area contributed by atoms with Crippen LogP contribution in [0.1, 0.15) is 16.9 Å². The van der Waals surface area contributed by atoms with E-state index in [1.165, 1.54) is 0 Å². The minimum atomic E-state index is -3.06. The highest BCUT2D eigenvalue weighted by atomic mass is 32.2. The summed E-state index contributed by atoms with van der Waals surface area (Å²) in [6.45, 7) is 0. The molecule has 1 atom stereocenters. The van der Waals surface area contributed by atoms with Gasteiger partial charge in [0.25, 0.3) is 5.91 Å². The van der Waals surface area contributed by atoms with Crippen LogP contribution in [-0.2, 0) is 9.84 Å². The van der Waals surface area contributed by atoms with Crippen molar-refractivity contribution < 1.29 is 13.2 Å². The standard InChI is InChI=1S/C20H19N3O3S/c24-20(21-16-11-12-27(25,26)14-16)19-13-18(15-7-3-1-4-8-15)22-23(19)17-9-5-2-6-10-17/h1-10,13,16H,11-12,14H2,(H,21,24). The van der Waals surface area contributed by atoms with Crippen molar-refractivity contribution in [2.75, 3.05) is 11.5 Å². The minimum Gasteiger partial charge on any atom is -0.347 e. The van der Waals surface area contributed by atoms with Crippen molar-refractivity contribution in [3.05, 3.63) is 72.4 Å². The number of carbonyl (C=O) groups is 1. The minimum absolute atomic E-state index is 0.0102. The van der Waals surface area contributed by atoms with E-state index >= 15 is 0 Å². The summed E-state index contributed by atoms with van der Waals surface area (Å²) < 4.78 is 24.9. The molecule has 0 aliphatic carbocycles. The van der Waals surface area contributed by atoms with Gasteiger partial charge in [0.15, 0.2) is 9.84 Å². The van der Waals surface area contributed by atoms with E-state index in [4.69, 9.17) is 0 Å². The molecule has 1 aromatic heterocycles. The number of aromatic nitrogens is 2. The number of amides is 1. The van der Waals surface area contributed by atoms with Gasteiger partial charge in [-0.1, -0.05) is 48.5 Å². The van der Waals surface area contributed by atoms with E-state index in [1.54, 1.807) is 10.7 Å². The van der Waals surface area contributed by atoms with Gasteiger partial charge in [-0.3, -0.25) is 4.79 Å². The van der Waals surface area contributed by atoms with E-state index in [9.17, 15) is 13.2 Å². The molecule has 0 bridgehead atoms. The van der Waals surface area contributed by atoms with E-state index in [0.717, 1.165) is 11.3 Å². The molecule has 1 saturated heterocycles. The first-order valence-electron chi connectivity index (χ1n) is 8.74. The van der Waals surface area contributed by atoms with Crippen molar-refractivity contribution in [3.63, 3.8) is 0 Å². The van der Waals surface area contributed by atoms with Gasteiger partial charge in [-0.25, -0.2) is 13.1 Å². The van der Waals surface area contributed by atoms with Crippen LogP contribution >= 0.6 is 0 Å². The highest BCUT2D eigenvalue weighted by molar-refractivity contribution is 7.91. The van der Waals surface area contributed by atoms with Crippen molar-refractivity contribution >= 4 is 15.7 Å². The molecule has 7 heteroatoms. The summed E-state index contributed by atoms with van der Waals surface area (Å²) in [5.41, 5.74) is 2.74. The molecule has 1 fully saturated rings. The molecule has 27 heavy (non-hydrogen) atoms. The number of nitrogens with zero attached hydrogens (tertiary/aromatic N) is 2. The second kappa shape index (κ2) is 7.00. The smallest absolute Gasteiger partial charge is 0.270 e. The Morgan fingerprint density at radius 2 is 1.70 bits per heavy atom. The summed E-state index contributed by atoms with van der Waals surface area (Å²) >= 11 is 0. The number of para-hydroxylation sites is 1. The third-order valence-electron chi connectivity index (χ3n) is 4.58. The molecule has 2 aromatic carbocycles. The molecule has 0 saturated carbocycles. The van der Waals surface area contributed by atoms with E-state index in [1.807, 2.05) is 60.7 Å². The second-order valence-electron chi connectivity index (χ2n) is 6.60. The number of hydrogen-bond donors (Lipinski definition) is 1. The number of benzene rings is 2. The van der Waals surface area contributed by atoms with Crippen LogP contribution in [-0.4, -0.2) is 41.7 Å². The van der Waals surface area contributed by atoms with Gasteiger partial charge >= 0.3 is 0 Å². The maximum absolute atomic E-state index is 12.9. The first-order valence-corrected chi connectivity index (χ1v) is 10.6. The third-order valence-corrected chi connectivity index (χ3v) is 6.35. The molecular weight excluding hydrogens is 362 g/mol. The van der Waals surface area contributed by atoms with E-state index < -0.39 is 9.84 Å². The van der Waals surface area contributed by atoms with E-state index in [-0.39, 0.29) is 23.5 Å². The quantitative estimate of drug-likeness (QED) is 0.753. The monoisotopic (exact) mass is 381 g/mol. The van der Waals surface area contributed by atoms with Crippen LogP contribution in [0.3, 0.4) is 0 Å². The summed E-state index contributed by atoms with van der Waals surface area (Å²) in [4.78, 5) is 12.9. The molecule has 1 amide bonds. The number of hydrogen-bond acceptors (Lipinski definition) is 4. The van der Waals surface area contributed by atoms with E-state index in [0.29, 0.717) is 17.8 Å². The molecule has 2 heterocycles. The van der Waals surface area contributed by atoms with Crippen molar-refractivity contribution in [3.8, 4) is 16.9 Å². The first kappa shape index (κ1) is 17.5. The van der Waals surface area contributed by atoms with Gasteiger partial charge in [0.2, 0.25) is 0 Å². The molecule has 1 unspecified atom stereocenters. The highest BCUT2D eigenvalue weighted by Gasteiger charge is 2.30. The average molecular weight is 381 g/mol. The van der Waals surface area contributed by atoms with Crippen LogP contribution in [0.4, 0.5) is 0 Å². The molecule has 138 valence electrons. The zero-order valence-electron chi connectivity index (χ0n) is 14.6. The Balaban J connectivity index is 1.70. The highest BCUT2D eigenvalue weighted by Crippen LogP contribution is 2.22. The van der Waals surface area contributed by atoms with Gasteiger partial charge in [-0.2, -0.15) is 5.10 Å². The fourth-order valence-electron chi connectivity index (χ4n) is 3.23. The molecule has 4 rings (SSSR count). The lowest BCUT2D eigenvalue weighted by atomic mass is 10.1. The number of nitrogens with one attached hydrogen (secondary N) is 1. The second-order valence-corrected chi connectivity index (χ2v) is 8.83. The fourth-order valence-corrected chi connectivity index (χ4v) is 4.90. The molecule has 1 aliphatic heterocycles. The van der Waals surface area contributed by atoms with Gasteiger partial charge < -0.3 is 5.32 Å². The molecule has 0 spiro atoms. The zero-order valence-corrected chi connectivity index (χ0v) is 15.4. The Hall–Kier alpha value is -2.93. The van der Waals surface area contributed by atoms with Gasteiger partial charge in [0.1, 0.15) is 5.69 Å². The molecular formula is C20H19N3O3S. The van der Waals surface area contributed by atoms with Crippen molar-refractivity contribution in [1.82, 2.24) is 15.1 Å². The summed E-state index contributed by atoms with van der Waals surface area (Å²) in [7, 11) is -3.06. The zero-order chi connectivity index (χ0) is 18.9. The Kier molecular flexibility index (Phi) is 4.53. The third kappa shape index (κ3) is 3.78. The summed E-state index contributed by atoms with van der Waals surface area (Å²) in [5, 5.41) is 7.46. The summed E-state index contributed by atoms with van der Waals surface area (Å²) in [6, 6.07) is 20.4. The Bertz CT molecular complexity index is 1060. The molecule has 6 nitrogen and oxygen atoms in total. The Morgan fingerprint density at radius 1 is 1.04 bits per heavy atom. The number of carbonyl (C=O) groups excluding carboxylic acids is 1. The summed E-state index contributed by atoms with van der Waals surface area (Å²) in [5.74, 6) is -0.217. The van der Waals surface area contributed by atoms with Crippen LogP contribution in [0, 0.1) is 0 Å². The Morgan fingerprint density at radius 3 is 2.33 bits per heavy atom. The van der Waals surface area contributed by atoms with Crippen molar-refractivity contribution in [2.24, 2.45) is 0 Å². The van der Waals surface area contributed by atoms with Crippen LogP contribution in [0.25, 0.3) is 16.9 Å². The maximum atomic E-state index is 12.9. The average Bonchev–Trinajstić information content (AvgIpc) is 3.27. The molecule has 0 radical (unpaired) electrons. The van der Waals surface area contributed by atoms with Gasteiger partial charge in [0.05, 0.1) is 22.9 Å². The van der Waals surface area contributed by atoms with Crippen LogP contribution in [0.15, 0.2) is 66.7 Å². The summed E-state index contributed by atoms with van der Waals surface area (Å²) in [6.07, 6.45) is 0.444. The van der Waals surface area contributed by atoms with Crippen molar-refractivity contribution in [2.45, 2.75) is 12.5 Å². The lowest BCUT2D eigenvalue weighted by Crippen LogP contribution is -2.36. The molecule has 1 aliphatic rings. The molecule has 3 aromatic rings. The predicted molar refractivity (Wildman–Crippen MR) is 104 cm³/mol. The first-order chi connectivity index (χ1) is 13.0. The van der Waals surface area contributed by atoms with Crippen LogP contribution < -0.4 is 5.32 Å².